The molecule has 1 spiro atoms. The molecule has 2 heterocycles. The summed E-state index contributed by atoms with van der Waals surface area (Å²) >= 11 is 0. The zero-order chi connectivity index (χ0) is 27.6. The second-order valence-electron chi connectivity index (χ2n) is 11.6. The van der Waals surface area contributed by atoms with E-state index in [0.29, 0.717) is 0 Å². The maximum atomic E-state index is 13.5. The van der Waals surface area contributed by atoms with Crippen LogP contribution in [0.25, 0.3) is 0 Å². The van der Waals surface area contributed by atoms with Crippen LogP contribution in [0.5, 0.6) is 0 Å². The summed E-state index contributed by atoms with van der Waals surface area (Å²) in [6, 6.07) is 25.0. The molecule has 1 atom stereocenters. The SMILES string of the molecule is CC(=O)N1CC2(CCN(CCCC(c3ccccc3)N(C)C(=O)c3cc(C)cc(C)c3)CC2)c2ccccc21. The number of amides is 2. The van der Waals surface area contributed by atoms with Crippen molar-refractivity contribution in [1.82, 2.24) is 9.80 Å². The summed E-state index contributed by atoms with van der Waals surface area (Å²) in [7, 11) is 1.95. The van der Waals surface area contributed by atoms with Crippen LogP contribution in [0.2, 0.25) is 0 Å². The molecule has 5 rings (SSSR count). The molecule has 0 bridgehead atoms. The Bertz CT molecular complexity index is 1310. The first-order valence-electron chi connectivity index (χ1n) is 14.3. The summed E-state index contributed by atoms with van der Waals surface area (Å²) in [5, 5.41) is 0. The minimum absolute atomic E-state index is 0.0292. The number of piperidine rings is 1. The van der Waals surface area contributed by atoms with Gasteiger partial charge in [-0.05, 0) is 88.5 Å². The van der Waals surface area contributed by atoms with Crippen molar-refractivity contribution in [2.45, 2.75) is 57.9 Å². The molecule has 3 aromatic carbocycles. The maximum absolute atomic E-state index is 13.5. The lowest BCUT2D eigenvalue weighted by atomic mass is 9.74. The van der Waals surface area contributed by atoms with Crippen molar-refractivity contribution in [2.24, 2.45) is 0 Å². The van der Waals surface area contributed by atoms with Crippen molar-refractivity contribution in [3.8, 4) is 0 Å². The third-order valence-corrected chi connectivity index (χ3v) is 8.81. The monoisotopic (exact) mass is 523 g/mol. The number of aryl methyl sites for hydroxylation is 2. The lowest BCUT2D eigenvalue weighted by molar-refractivity contribution is -0.116. The van der Waals surface area contributed by atoms with Gasteiger partial charge in [-0.3, -0.25) is 9.59 Å². The molecule has 1 unspecified atom stereocenters. The fourth-order valence-corrected chi connectivity index (χ4v) is 6.75. The van der Waals surface area contributed by atoms with Gasteiger partial charge in [0, 0.05) is 37.2 Å². The summed E-state index contributed by atoms with van der Waals surface area (Å²) in [5.74, 6) is 0.207. The average molecular weight is 524 g/mol. The smallest absolute Gasteiger partial charge is 0.254 e. The Labute approximate surface area is 233 Å². The Kier molecular flexibility index (Phi) is 7.90. The topological polar surface area (TPSA) is 43.9 Å². The second-order valence-corrected chi connectivity index (χ2v) is 11.6. The van der Waals surface area contributed by atoms with Gasteiger partial charge in [0.15, 0.2) is 0 Å². The highest BCUT2D eigenvalue weighted by Crippen LogP contribution is 2.47. The number of carbonyl (C=O) groups is 2. The van der Waals surface area contributed by atoms with Crippen molar-refractivity contribution in [2.75, 3.05) is 38.1 Å². The zero-order valence-corrected chi connectivity index (χ0v) is 23.8. The molecule has 5 heteroatoms. The largest absolute Gasteiger partial charge is 0.335 e. The molecule has 0 saturated carbocycles. The van der Waals surface area contributed by atoms with Crippen molar-refractivity contribution >= 4 is 17.5 Å². The Balaban J connectivity index is 1.23. The van der Waals surface area contributed by atoms with Crippen LogP contribution in [0.4, 0.5) is 5.69 Å². The van der Waals surface area contributed by atoms with E-state index in [2.05, 4.69) is 53.4 Å². The zero-order valence-electron chi connectivity index (χ0n) is 23.8. The van der Waals surface area contributed by atoms with E-state index in [1.807, 2.05) is 55.0 Å². The molecule has 3 aromatic rings. The van der Waals surface area contributed by atoms with E-state index < -0.39 is 0 Å². The van der Waals surface area contributed by atoms with Gasteiger partial charge in [0.2, 0.25) is 5.91 Å². The third kappa shape index (κ3) is 5.65. The van der Waals surface area contributed by atoms with Crippen LogP contribution in [0.15, 0.2) is 72.8 Å². The molecule has 2 amide bonds. The van der Waals surface area contributed by atoms with Gasteiger partial charge >= 0.3 is 0 Å². The van der Waals surface area contributed by atoms with E-state index in [1.54, 1.807) is 6.92 Å². The van der Waals surface area contributed by atoms with Gasteiger partial charge in [0.05, 0.1) is 6.04 Å². The minimum atomic E-state index is 0.0292. The van der Waals surface area contributed by atoms with Gasteiger partial charge in [-0.15, -0.1) is 0 Å². The highest BCUT2D eigenvalue weighted by Gasteiger charge is 2.45. The second kappa shape index (κ2) is 11.4. The number of hydrogen-bond donors (Lipinski definition) is 0. The molecule has 2 aliphatic heterocycles. The summed E-state index contributed by atoms with van der Waals surface area (Å²) in [6.07, 6.45) is 4.08. The highest BCUT2D eigenvalue weighted by molar-refractivity contribution is 5.95. The predicted octanol–water partition coefficient (Wildman–Crippen LogP) is 6.30. The number of hydrogen-bond acceptors (Lipinski definition) is 3. The molecule has 204 valence electrons. The molecule has 2 aliphatic rings. The third-order valence-electron chi connectivity index (χ3n) is 8.81. The predicted molar refractivity (Wildman–Crippen MR) is 158 cm³/mol. The summed E-state index contributed by atoms with van der Waals surface area (Å²) in [5.41, 5.74) is 6.68. The highest BCUT2D eigenvalue weighted by atomic mass is 16.2. The normalized spacial score (nSPS) is 17.2. The van der Waals surface area contributed by atoms with Crippen molar-refractivity contribution in [1.29, 1.82) is 0 Å². The molecule has 1 fully saturated rings. The summed E-state index contributed by atoms with van der Waals surface area (Å²) < 4.78 is 0. The van der Waals surface area contributed by atoms with E-state index >= 15 is 0 Å². The Morgan fingerprint density at radius 2 is 1.56 bits per heavy atom. The Morgan fingerprint density at radius 3 is 2.23 bits per heavy atom. The van der Waals surface area contributed by atoms with Gasteiger partial charge in [0.1, 0.15) is 0 Å². The van der Waals surface area contributed by atoms with Crippen LogP contribution in [0.1, 0.15) is 71.3 Å². The van der Waals surface area contributed by atoms with Crippen LogP contribution < -0.4 is 4.90 Å². The van der Waals surface area contributed by atoms with Crippen LogP contribution in [-0.2, 0) is 10.2 Å². The first-order chi connectivity index (χ1) is 18.8. The van der Waals surface area contributed by atoms with E-state index in [0.717, 1.165) is 74.2 Å². The Hall–Kier alpha value is -3.44. The number of carbonyl (C=O) groups excluding carboxylic acids is 2. The quantitative estimate of drug-likeness (QED) is 0.365. The van der Waals surface area contributed by atoms with Crippen LogP contribution in [0.3, 0.4) is 0 Å². The van der Waals surface area contributed by atoms with Crippen LogP contribution >= 0.6 is 0 Å². The molecular weight excluding hydrogens is 482 g/mol. The lowest BCUT2D eigenvalue weighted by Gasteiger charge is -2.40. The molecule has 0 radical (unpaired) electrons. The number of anilines is 1. The number of nitrogens with zero attached hydrogens (tertiary/aromatic N) is 3. The molecule has 0 aromatic heterocycles. The first-order valence-corrected chi connectivity index (χ1v) is 14.3. The number of benzene rings is 3. The Morgan fingerprint density at radius 1 is 0.923 bits per heavy atom. The number of para-hydroxylation sites is 1. The van der Waals surface area contributed by atoms with E-state index in [-0.39, 0.29) is 23.3 Å². The average Bonchev–Trinajstić information content (AvgIpc) is 3.26. The minimum Gasteiger partial charge on any atom is -0.335 e. The fourth-order valence-electron chi connectivity index (χ4n) is 6.75. The van der Waals surface area contributed by atoms with E-state index in [1.165, 1.54) is 11.1 Å². The maximum Gasteiger partial charge on any atom is 0.254 e. The number of fused-ring (bicyclic) bond motifs is 2. The van der Waals surface area contributed by atoms with Crippen molar-refractivity contribution in [3.63, 3.8) is 0 Å². The van der Waals surface area contributed by atoms with Gasteiger partial charge in [-0.25, -0.2) is 0 Å². The molecule has 5 nitrogen and oxygen atoms in total. The molecule has 1 saturated heterocycles. The molecule has 39 heavy (non-hydrogen) atoms. The van der Waals surface area contributed by atoms with Crippen molar-refractivity contribution in [3.05, 3.63) is 101 Å². The number of likely N-dealkylation sites (tertiary alicyclic amines) is 1. The molecular formula is C34H41N3O2. The van der Waals surface area contributed by atoms with E-state index in [4.69, 9.17) is 0 Å². The molecule has 0 N–H and O–H groups in total. The summed E-state index contributed by atoms with van der Waals surface area (Å²) in [6.45, 7) is 9.66. The lowest BCUT2D eigenvalue weighted by Crippen LogP contribution is -2.46. The fraction of sp³-hybridized carbons (Fsp3) is 0.412. The molecule has 0 aliphatic carbocycles. The van der Waals surface area contributed by atoms with Crippen molar-refractivity contribution < 1.29 is 9.59 Å². The van der Waals surface area contributed by atoms with Crippen LogP contribution in [-0.4, -0.2) is 54.8 Å². The van der Waals surface area contributed by atoms with E-state index in [9.17, 15) is 9.59 Å². The first kappa shape index (κ1) is 27.1. The van der Waals surface area contributed by atoms with Gasteiger partial charge in [0.25, 0.3) is 5.91 Å². The van der Waals surface area contributed by atoms with Gasteiger partial charge < -0.3 is 14.7 Å². The number of rotatable bonds is 7. The van der Waals surface area contributed by atoms with Gasteiger partial charge in [-0.1, -0.05) is 65.7 Å². The standard InChI is InChI=1S/C34H41N3O2/c1-25-21-26(2)23-29(22-25)33(39)35(4)31(28-11-6-5-7-12-28)15-10-18-36-19-16-34(17-20-36)24-37(27(3)38)32-14-9-8-13-30(32)34/h5-9,11-14,21-23,31H,10,15-20,24H2,1-4H3. The van der Waals surface area contributed by atoms with Crippen LogP contribution in [0, 0.1) is 13.8 Å². The summed E-state index contributed by atoms with van der Waals surface area (Å²) in [4.78, 5) is 32.3. The van der Waals surface area contributed by atoms with Gasteiger partial charge in [-0.2, -0.15) is 0 Å².